The van der Waals surface area contributed by atoms with Gasteiger partial charge < -0.3 is 15.4 Å². The van der Waals surface area contributed by atoms with Crippen LogP contribution in [0.2, 0.25) is 0 Å². The molecule has 21 heavy (non-hydrogen) atoms. The summed E-state index contributed by atoms with van der Waals surface area (Å²) in [5.74, 6) is 0. The molecular formula is C15H26N4O2. The Morgan fingerprint density at radius 3 is 3.14 bits per heavy atom. The average Bonchev–Trinajstić information content (AvgIpc) is 3.11. The van der Waals surface area contributed by atoms with E-state index in [1.54, 1.807) is 6.20 Å². The van der Waals surface area contributed by atoms with E-state index in [4.69, 9.17) is 4.74 Å². The quantitative estimate of drug-likeness (QED) is 0.724. The molecule has 1 aromatic rings. The molecule has 0 aromatic carbocycles. The first-order valence-corrected chi connectivity index (χ1v) is 7.97. The minimum absolute atomic E-state index is 0.164. The van der Waals surface area contributed by atoms with Crippen LogP contribution in [0, 0.1) is 0 Å². The van der Waals surface area contributed by atoms with Crippen LogP contribution in [0.1, 0.15) is 45.4 Å². The topological polar surface area (TPSA) is 68.2 Å². The highest BCUT2D eigenvalue weighted by Gasteiger charge is 2.16. The summed E-state index contributed by atoms with van der Waals surface area (Å²) in [6.45, 7) is 4.49. The van der Waals surface area contributed by atoms with E-state index in [9.17, 15) is 4.79 Å². The van der Waals surface area contributed by atoms with E-state index in [1.807, 2.05) is 10.9 Å². The zero-order valence-corrected chi connectivity index (χ0v) is 12.8. The zero-order chi connectivity index (χ0) is 14.9. The molecule has 1 fully saturated rings. The van der Waals surface area contributed by atoms with Crippen molar-refractivity contribution >= 4 is 11.7 Å². The van der Waals surface area contributed by atoms with Crippen molar-refractivity contribution in [1.29, 1.82) is 0 Å². The summed E-state index contributed by atoms with van der Waals surface area (Å²) < 4.78 is 7.40. The van der Waals surface area contributed by atoms with Crippen molar-refractivity contribution in [2.75, 3.05) is 18.5 Å². The number of ether oxygens (including phenoxy) is 1. The van der Waals surface area contributed by atoms with Crippen molar-refractivity contribution in [3.8, 4) is 0 Å². The third-order valence-electron chi connectivity index (χ3n) is 3.62. The Labute approximate surface area is 126 Å². The lowest BCUT2D eigenvalue weighted by Crippen LogP contribution is -2.29. The van der Waals surface area contributed by atoms with Crippen LogP contribution in [-0.2, 0) is 11.3 Å². The first kappa shape index (κ1) is 15.8. The van der Waals surface area contributed by atoms with Gasteiger partial charge in [-0.25, -0.2) is 4.79 Å². The Kier molecular flexibility index (Phi) is 6.53. The van der Waals surface area contributed by atoms with Crippen molar-refractivity contribution in [3.63, 3.8) is 0 Å². The van der Waals surface area contributed by atoms with Gasteiger partial charge in [-0.15, -0.1) is 0 Å². The Morgan fingerprint density at radius 2 is 2.38 bits per heavy atom. The number of amides is 2. The second-order valence-electron chi connectivity index (χ2n) is 5.53. The molecule has 1 aliphatic rings. The summed E-state index contributed by atoms with van der Waals surface area (Å²) in [5, 5.41) is 9.91. The lowest BCUT2D eigenvalue weighted by Gasteiger charge is -2.08. The molecule has 2 rings (SSSR count). The molecule has 6 nitrogen and oxygen atoms in total. The van der Waals surface area contributed by atoms with Crippen molar-refractivity contribution in [2.24, 2.45) is 0 Å². The van der Waals surface area contributed by atoms with Crippen molar-refractivity contribution < 1.29 is 9.53 Å². The Balaban J connectivity index is 1.65. The zero-order valence-electron chi connectivity index (χ0n) is 12.8. The van der Waals surface area contributed by atoms with Gasteiger partial charge >= 0.3 is 6.03 Å². The summed E-state index contributed by atoms with van der Waals surface area (Å²) in [4.78, 5) is 11.7. The lowest BCUT2D eigenvalue weighted by molar-refractivity contribution is 0.0940. The monoisotopic (exact) mass is 294 g/mol. The van der Waals surface area contributed by atoms with Gasteiger partial charge in [-0.3, -0.25) is 4.68 Å². The summed E-state index contributed by atoms with van der Waals surface area (Å²) in [6.07, 6.45) is 10.6. The minimum Gasteiger partial charge on any atom is -0.376 e. The lowest BCUT2D eigenvalue weighted by atomic mass is 10.2. The number of hydrogen-bond donors (Lipinski definition) is 2. The number of hydrogen-bond acceptors (Lipinski definition) is 3. The van der Waals surface area contributed by atoms with Crippen LogP contribution in [0.15, 0.2) is 12.4 Å². The summed E-state index contributed by atoms with van der Waals surface area (Å²) in [6, 6.07) is -0.164. The molecule has 2 heterocycles. The average molecular weight is 294 g/mol. The van der Waals surface area contributed by atoms with Crippen LogP contribution in [-0.4, -0.2) is 35.1 Å². The molecule has 0 bridgehead atoms. The van der Waals surface area contributed by atoms with E-state index < -0.39 is 0 Å². The number of nitrogens with zero attached hydrogens (tertiary/aromatic N) is 2. The molecule has 0 spiro atoms. The molecular weight excluding hydrogens is 268 g/mol. The van der Waals surface area contributed by atoms with Crippen LogP contribution in [0.25, 0.3) is 0 Å². The predicted molar refractivity (Wildman–Crippen MR) is 82.4 cm³/mol. The fourth-order valence-corrected chi connectivity index (χ4v) is 2.45. The van der Waals surface area contributed by atoms with E-state index in [0.717, 1.165) is 51.1 Å². The third-order valence-corrected chi connectivity index (χ3v) is 3.62. The van der Waals surface area contributed by atoms with Gasteiger partial charge in [0.2, 0.25) is 0 Å². The van der Waals surface area contributed by atoms with E-state index in [-0.39, 0.29) is 12.1 Å². The SMILES string of the molecule is CCCCCCNC(=O)Nc1cnn(CC2CCCO2)c1. The van der Waals surface area contributed by atoms with Gasteiger partial charge in [0.15, 0.2) is 0 Å². The standard InChI is InChI=1S/C15H26N4O2/c1-2-3-4-5-8-16-15(20)18-13-10-17-19(11-13)12-14-7-6-9-21-14/h10-11,14H,2-9,12H2,1H3,(H2,16,18,20). The molecule has 0 aliphatic carbocycles. The molecule has 0 radical (unpaired) electrons. The van der Waals surface area contributed by atoms with Crippen molar-refractivity contribution in [1.82, 2.24) is 15.1 Å². The number of nitrogens with one attached hydrogen (secondary N) is 2. The molecule has 1 aromatic heterocycles. The van der Waals surface area contributed by atoms with Crippen molar-refractivity contribution in [2.45, 2.75) is 58.1 Å². The van der Waals surface area contributed by atoms with Gasteiger partial charge in [0.1, 0.15) is 0 Å². The van der Waals surface area contributed by atoms with Crippen LogP contribution in [0.3, 0.4) is 0 Å². The number of carbonyl (C=O) groups is 1. The highest BCUT2D eigenvalue weighted by molar-refractivity contribution is 5.88. The second-order valence-corrected chi connectivity index (χ2v) is 5.53. The number of unbranched alkanes of at least 4 members (excludes halogenated alkanes) is 3. The van der Waals surface area contributed by atoms with Gasteiger partial charge in [0.05, 0.1) is 24.5 Å². The van der Waals surface area contributed by atoms with Gasteiger partial charge in [-0.2, -0.15) is 5.10 Å². The van der Waals surface area contributed by atoms with Crippen LogP contribution < -0.4 is 10.6 Å². The molecule has 118 valence electrons. The van der Waals surface area contributed by atoms with E-state index in [2.05, 4.69) is 22.7 Å². The first-order valence-electron chi connectivity index (χ1n) is 7.97. The molecule has 1 unspecified atom stereocenters. The van der Waals surface area contributed by atoms with E-state index in [0.29, 0.717) is 0 Å². The number of aromatic nitrogens is 2. The van der Waals surface area contributed by atoms with Gasteiger partial charge in [-0.1, -0.05) is 26.2 Å². The number of carbonyl (C=O) groups excluding carboxylic acids is 1. The molecule has 1 atom stereocenters. The molecule has 2 amide bonds. The maximum Gasteiger partial charge on any atom is 0.319 e. The third kappa shape index (κ3) is 5.75. The Hall–Kier alpha value is -1.56. The highest BCUT2D eigenvalue weighted by atomic mass is 16.5. The van der Waals surface area contributed by atoms with E-state index >= 15 is 0 Å². The first-order chi connectivity index (χ1) is 10.3. The smallest absolute Gasteiger partial charge is 0.319 e. The molecule has 2 N–H and O–H groups in total. The van der Waals surface area contributed by atoms with Gasteiger partial charge in [0, 0.05) is 19.3 Å². The van der Waals surface area contributed by atoms with Crippen molar-refractivity contribution in [3.05, 3.63) is 12.4 Å². The number of rotatable bonds is 8. The fraction of sp³-hybridized carbons (Fsp3) is 0.733. The van der Waals surface area contributed by atoms with Crippen LogP contribution >= 0.6 is 0 Å². The van der Waals surface area contributed by atoms with Gasteiger partial charge in [-0.05, 0) is 19.3 Å². The normalized spacial score (nSPS) is 17.9. The number of urea groups is 1. The Morgan fingerprint density at radius 1 is 1.48 bits per heavy atom. The fourth-order valence-electron chi connectivity index (χ4n) is 2.45. The summed E-state index contributed by atoms with van der Waals surface area (Å²) in [5.41, 5.74) is 0.721. The molecule has 6 heteroatoms. The Bertz CT molecular complexity index is 427. The molecule has 0 saturated carbocycles. The molecule has 1 aliphatic heterocycles. The van der Waals surface area contributed by atoms with E-state index in [1.165, 1.54) is 12.8 Å². The molecule has 1 saturated heterocycles. The van der Waals surface area contributed by atoms with Crippen LogP contribution in [0.4, 0.5) is 10.5 Å². The largest absolute Gasteiger partial charge is 0.376 e. The predicted octanol–water partition coefficient (Wildman–Crippen LogP) is 2.76. The maximum atomic E-state index is 11.7. The summed E-state index contributed by atoms with van der Waals surface area (Å²) in [7, 11) is 0. The van der Waals surface area contributed by atoms with Gasteiger partial charge in [0.25, 0.3) is 0 Å². The maximum absolute atomic E-state index is 11.7. The number of anilines is 1. The highest BCUT2D eigenvalue weighted by Crippen LogP contribution is 2.14. The van der Waals surface area contributed by atoms with Crippen LogP contribution in [0.5, 0.6) is 0 Å². The summed E-state index contributed by atoms with van der Waals surface area (Å²) >= 11 is 0. The second kappa shape index (κ2) is 8.67. The minimum atomic E-state index is -0.164.